The number of hydrogen-bond donors (Lipinski definition) is 1. The number of halogens is 1. The molecule has 0 amide bonds. The van der Waals surface area contributed by atoms with Crippen LogP contribution in [-0.4, -0.2) is 19.4 Å². The van der Waals surface area contributed by atoms with Crippen molar-refractivity contribution in [2.75, 3.05) is 0 Å². The molecule has 0 bridgehead atoms. The third-order valence-electron chi connectivity index (χ3n) is 1.54. The second-order valence-corrected chi connectivity index (χ2v) is 9.54. The van der Waals surface area contributed by atoms with Crippen LogP contribution in [0.1, 0.15) is 10.4 Å². The normalized spacial score (nSPS) is 11.2. The van der Waals surface area contributed by atoms with Gasteiger partial charge in [0.15, 0.2) is 0 Å². The molecule has 0 aliphatic carbocycles. The standard InChI is InChI=1S/C10H13BrO3Si/c1-15(2,3)14-9-5-7(10(12)13)4-8(11)6-9/h4-6H,1-3H3,(H,12,13). The highest BCUT2D eigenvalue weighted by Crippen LogP contribution is 2.23. The smallest absolute Gasteiger partial charge is 0.335 e. The van der Waals surface area contributed by atoms with Gasteiger partial charge in [0, 0.05) is 4.47 Å². The van der Waals surface area contributed by atoms with Gasteiger partial charge >= 0.3 is 5.97 Å². The second kappa shape index (κ2) is 4.36. The van der Waals surface area contributed by atoms with E-state index in [4.69, 9.17) is 9.53 Å². The SMILES string of the molecule is C[Si](C)(C)Oc1cc(Br)cc(C(=O)O)c1. The fraction of sp³-hybridized carbons (Fsp3) is 0.300. The first-order valence-electron chi connectivity index (χ1n) is 4.51. The van der Waals surface area contributed by atoms with Crippen LogP contribution in [0.4, 0.5) is 0 Å². The lowest BCUT2D eigenvalue weighted by molar-refractivity contribution is 0.0696. The summed E-state index contributed by atoms with van der Waals surface area (Å²) in [4.78, 5) is 10.8. The zero-order valence-corrected chi connectivity index (χ0v) is 11.5. The van der Waals surface area contributed by atoms with E-state index in [1.165, 1.54) is 0 Å². The van der Waals surface area contributed by atoms with E-state index >= 15 is 0 Å². The average molecular weight is 289 g/mol. The van der Waals surface area contributed by atoms with E-state index in [9.17, 15) is 4.79 Å². The fourth-order valence-corrected chi connectivity index (χ4v) is 2.40. The monoisotopic (exact) mass is 288 g/mol. The van der Waals surface area contributed by atoms with Crippen LogP contribution in [-0.2, 0) is 0 Å². The Labute approximate surface area is 98.3 Å². The number of carboxylic acids is 1. The molecule has 15 heavy (non-hydrogen) atoms. The molecule has 0 heterocycles. The lowest BCUT2D eigenvalue weighted by atomic mass is 10.2. The van der Waals surface area contributed by atoms with Crippen molar-refractivity contribution in [2.24, 2.45) is 0 Å². The summed E-state index contributed by atoms with van der Waals surface area (Å²) in [5, 5.41) is 8.87. The van der Waals surface area contributed by atoms with E-state index < -0.39 is 14.3 Å². The molecule has 1 rings (SSSR count). The number of carboxylic acid groups (broad SMARTS) is 1. The molecular formula is C10H13BrO3Si. The Morgan fingerprint density at radius 2 is 1.93 bits per heavy atom. The van der Waals surface area contributed by atoms with Crippen LogP contribution in [0.2, 0.25) is 19.6 Å². The molecule has 0 aromatic heterocycles. The van der Waals surface area contributed by atoms with Gasteiger partial charge in [-0.2, -0.15) is 0 Å². The molecule has 0 aliphatic rings. The van der Waals surface area contributed by atoms with Crippen molar-refractivity contribution in [3.8, 4) is 5.75 Å². The number of rotatable bonds is 3. The molecular weight excluding hydrogens is 276 g/mol. The highest BCUT2D eigenvalue weighted by molar-refractivity contribution is 9.10. The molecule has 0 radical (unpaired) electrons. The highest BCUT2D eigenvalue weighted by Gasteiger charge is 2.17. The van der Waals surface area contributed by atoms with Crippen molar-refractivity contribution in [1.82, 2.24) is 0 Å². The fourth-order valence-electron chi connectivity index (χ4n) is 1.10. The minimum absolute atomic E-state index is 0.234. The maximum Gasteiger partial charge on any atom is 0.335 e. The molecule has 0 unspecified atom stereocenters. The zero-order valence-electron chi connectivity index (χ0n) is 8.87. The van der Waals surface area contributed by atoms with Gasteiger partial charge in [-0.05, 0) is 37.8 Å². The third-order valence-corrected chi connectivity index (χ3v) is 2.85. The average Bonchev–Trinajstić information content (AvgIpc) is 1.99. The van der Waals surface area contributed by atoms with Crippen molar-refractivity contribution in [3.63, 3.8) is 0 Å². The first-order valence-corrected chi connectivity index (χ1v) is 8.71. The summed E-state index contributed by atoms with van der Waals surface area (Å²) in [7, 11) is -1.69. The first-order chi connectivity index (χ1) is 6.78. The van der Waals surface area contributed by atoms with Gasteiger partial charge in [-0.1, -0.05) is 15.9 Å². The summed E-state index contributed by atoms with van der Waals surface area (Å²) in [6.45, 7) is 6.15. The summed E-state index contributed by atoms with van der Waals surface area (Å²) in [5.74, 6) is -0.335. The second-order valence-electron chi connectivity index (χ2n) is 4.20. The van der Waals surface area contributed by atoms with Crippen molar-refractivity contribution in [1.29, 1.82) is 0 Å². The Hall–Kier alpha value is -0.813. The van der Waals surface area contributed by atoms with Gasteiger partial charge in [-0.3, -0.25) is 0 Å². The van der Waals surface area contributed by atoms with Crippen LogP contribution in [0.15, 0.2) is 22.7 Å². The minimum Gasteiger partial charge on any atom is -0.544 e. The minimum atomic E-state index is -1.69. The molecule has 0 saturated carbocycles. The van der Waals surface area contributed by atoms with Gasteiger partial charge in [0.2, 0.25) is 8.32 Å². The van der Waals surface area contributed by atoms with Gasteiger partial charge in [-0.15, -0.1) is 0 Å². The van der Waals surface area contributed by atoms with Gasteiger partial charge in [0.1, 0.15) is 5.75 Å². The summed E-state index contributed by atoms with van der Waals surface area (Å²) in [6, 6.07) is 4.88. The topological polar surface area (TPSA) is 46.5 Å². The van der Waals surface area contributed by atoms with Crippen LogP contribution in [0.3, 0.4) is 0 Å². The molecule has 0 atom stereocenters. The summed E-state index contributed by atoms with van der Waals surface area (Å²) in [5.41, 5.74) is 0.234. The van der Waals surface area contributed by atoms with Crippen LogP contribution >= 0.6 is 15.9 Å². The number of benzene rings is 1. The third kappa shape index (κ3) is 4.05. The predicted molar refractivity (Wildman–Crippen MR) is 65.1 cm³/mol. The van der Waals surface area contributed by atoms with Crippen LogP contribution in [0.5, 0.6) is 5.75 Å². The molecule has 0 saturated heterocycles. The van der Waals surface area contributed by atoms with Crippen molar-refractivity contribution in [3.05, 3.63) is 28.2 Å². The van der Waals surface area contributed by atoms with Gasteiger partial charge in [0.25, 0.3) is 0 Å². The van der Waals surface area contributed by atoms with Crippen molar-refractivity contribution in [2.45, 2.75) is 19.6 Å². The summed E-state index contributed by atoms with van der Waals surface area (Å²) >= 11 is 3.26. The Bertz CT molecular complexity index is 385. The van der Waals surface area contributed by atoms with Crippen LogP contribution in [0, 0.1) is 0 Å². The molecule has 1 N–H and O–H groups in total. The molecule has 0 fully saturated rings. The van der Waals surface area contributed by atoms with Crippen LogP contribution < -0.4 is 4.43 Å². The Kier molecular flexibility index (Phi) is 3.57. The van der Waals surface area contributed by atoms with Gasteiger partial charge in [0.05, 0.1) is 5.56 Å². The molecule has 1 aromatic carbocycles. The molecule has 0 spiro atoms. The molecule has 5 heteroatoms. The lowest BCUT2D eigenvalue weighted by Crippen LogP contribution is -2.29. The molecule has 1 aromatic rings. The number of hydrogen-bond acceptors (Lipinski definition) is 2. The van der Waals surface area contributed by atoms with Crippen molar-refractivity contribution >= 4 is 30.2 Å². The van der Waals surface area contributed by atoms with Gasteiger partial charge in [-0.25, -0.2) is 4.79 Å². The van der Waals surface area contributed by atoms with E-state index in [-0.39, 0.29) is 5.56 Å². The maximum absolute atomic E-state index is 10.8. The Balaban J connectivity index is 3.04. The molecule has 82 valence electrons. The molecule has 0 aliphatic heterocycles. The maximum atomic E-state index is 10.8. The number of aromatic carboxylic acids is 1. The van der Waals surface area contributed by atoms with E-state index in [0.29, 0.717) is 5.75 Å². The van der Waals surface area contributed by atoms with E-state index in [2.05, 4.69) is 15.9 Å². The largest absolute Gasteiger partial charge is 0.544 e. The Morgan fingerprint density at radius 1 is 1.33 bits per heavy atom. The van der Waals surface area contributed by atoms with Crippen molar-refractivity contribution < 1.29 is 14.3 Å². The highest BCUT2D eigenvalue weighted by atomic mass is 79.9. The summed E-state index contributed by atoms with van der Waals surface area (Å²) in [6.07, 6.45) is 0. The lowest BCUT2D eigenvalue weighted by Gasteiger charge is -2.19. The first kappa shape index (κ1) is 12.3. The molecule has 3 nitrogen and oxygen atoms in total. The quantitative estimate of drug-likeness (QED) is 0.868. The zero-order chi connectivity index (χ0) is 11.6. The predicted octanol–water partition coefficient (Wildman–Crippen LogP) is 3.36. The van der Waals surface area contributed by atoms with Crippen LogP contribution in [0.25, 0.3) is 0 Å². The number of carbonyl (C=O) groups is 1. The van der Waals surface area contributed by atoms with E-state index in [1.54, 1.807) is 18.2 Å². The Morgan fingerprint density at radius 3 is 2.40 bits per heavy atom. The summed E-state index contributed by atoms with van der Waals surface area (Å²) < 4.78 is 6.44. The van der Waals surface area contributed by atoms with E-state index in [0.717, 1.165) is 4.47 Å². The van der Waals surface area contributed by atoms with Gasteiger partial charge < -0.3 is 9.53 Å². The van der Waals surface area contributed by atoms with E-state index in [1.807, 2.05) is 19.6 Å².